The van der Waals surface area contributed by atoms with Gasteiger partial charge in [0.25, 0.3) is 0 Å². The summed E-state index contributed by atoms with van der Waals surface area (Å²) < 4.78 is 5.32. The van der Waals surface area contributed by atoms with E-state index in [0.29, 0.717) is 25.6 Å². The van der Waals surface area contributed by atoms with Gasteiger partial charge in [0.15, 0.2) is 0 Å². The molecule has 0 spiro atoms. The van der Waals surface area contributed by atoms with Crippen LogP contribution in [0.3, 0.4) is 0 Å². The van der Waals surface area contributed by atoms with Gasteiger partial charge >= 0.3 is 0 Å². The fourth-order valence-electron chi connectivity index (χ4n) is 1.12. The van der Waals surface area contributed by atoms with Crippen LogP contribution < -0.4 is 11.1 Å². The van der Waals surface area contributed by atoms with Crippen LogP contribution in [0.25, 0.3) is 0 Å². The lowest BCUT2D eigenvalue weighted by atomic mass is 10.0. The van der Waals surface area contributed by atoms with Gasteiger partial charge in [-0.2, -0.15) is 0 Å². The van der Waals surface area contributed by atoms with Crippen molar-refractivity contribution in [3.8, 4) is 0 Å². The second-order valence-corrected chi connectivity index (χ2v) is 4.03. The fraction of sp³-hybridized carbons (Fsp3) is 0.909. The summed E-state index contributed by atoms with van der Waals surface area (Å²) in [5.41, 5.74) is 5.64. The van der Waals surface area contributed by atoms with Crippen LogP contribution in [0.2, 0.25) is 0 Å². The molecule has 2 atom stereocenters. The van der Waals surface area contributed by atoms with Crippen LogP contribution in [-0.2, 0) is 9.53 Å². The lowest BCUT2D eigenvalue weighted by Gasteiger charge is -2.23. The Hall–Kier alpha value is -0.610. The van der Waals surface area contributed by atoms with Gasteiger partial charge in [-0.3, -0.25) is 4.79 Å². The van der Waals surface area contributed by atoms with E-state index in [-0.39, 0.29) is 11.9 Å². The van der Waals surface area contributed by atoms with Crippen LogP contribution in [0.15, 0.2) is 0 Å². The van der Waals surface area contributed by atoms with Gasteiger partial charge in [-0.25, -0.2) is 0 Å². The molecule has 3 N–H and O–H groups in total. The summed E-state index contributed by atoms with van der Waals surface area (Å²) in [7, 11) is 0. The summed E-state index contributed by atoms with van der Waals surface area (Å²) in [4.78, 5) is 11.6. The first-order chi connectivity index (χ1) is 7.02. The summed E-state index contributed by atoms with van der Waals surface area (Å²) >= 11 is 0. The fourth-order valence-corrected chi connectivity index (χ4v) is 1.12. The molecule has 0 aliphatic rings. The maximum absolute atomic E-state index is 11.6. The van der Waals surface area contributed by atoms with Gasteiger partial charge < -0.3 is 15.8 Å². The minimum absolute atomic E-state index is 0.0510. The van der Waals surface area contributed by atoms with E-state index in [1.807, 2.05) is 13.8 Å². The molecule has 0 saturated carbocycles. The predicted octanol–water partition coefficient (Wildman–Crippen LogP) is 0.901. The standard InChI is InChI=1S/C11H24N2O2/c1-5-9(12)11(14)13-10(8(3)4)7-15-6-2/h8-10H,5-7,12H2,1-4H3,(H,13,14)/t9-,10?/m1/s1. The first-order valence-electron chi connectivity index (χ1n) is 5.66. The van der Waals surface area contributed by atoms with Crippen LogP contribution in [-0.4, -0.2) is 31.2 Å². The number of carbonyl (C=O) groups is 1. The van der Waals surface area contributed by atoms with Crippen molar-refractivity contribution in [2.75, 3.05) is 13.2 Å². The third kappa shape index (κ3) is 5.74. The van der Waals surface area contributed by atoms with Gasteiger partial charge in [0.1, 0.15) is 0 Å². The number of amides is 1. The molecule has 4 heteroatoms. The Morgan fingerprint density at radius 2 is 2.00 bits per heavy atom. The maximum atomic E-state index is 11.6. The van der Waals surface area contributed by atoms with Crippen molar-refractivity contribution in [3.63, 3.8) is 0 Å². The predicted molar refractivity (Wildman–Crippen MR) is 61.5 cm³/mol. The van der Waals surface area contributed by atoms with Crippen LogP contribution in [0, 0.1) is 5.92 Å². The first-order valence-corrected chi connectivity index (χ1v) is 5.66. The molecule has 0 aromatic rings. The second-order valence-electron chi connectivity index (χ2n) is 4.03. The summed E-state index contributed by atoms with van der Waals surface area (Å²) in [6, 6.07) is -0.358. The van der Waals surface area contributed by atoms with Gasteiger partial charge in [0, 0.05) is 6.61 Å². The van der Waals surface area contributed by atoms with E-state index in [0.717, 1.165) is 0 Å². The molecule has 0 rings (SSSR count). The molecule has 15 heavy (non-hydrogen) atoms. The van der Waals surface area contributed by atoms with E-state index < -0.39 is 6.04 Å². The van der Waals surface area contributed by atoms with Crippen molar-refractivity contribution >= 4 is 5.91 Å². The van der Waals surface area contributed by atoms with E-state index in [4.69, 9.17) is 10.5 Å². The Morgan fingerprint density at radius 1 is 1.40 bits per heavy atom. The van der Waals surface area contributed by atoms with Gasteiger partial charge in [0.2, 0.25) is 5.91 Å². The topological polar surface area (TPSA) is 64.3 Å². The van der Waals surface area contributed by atoms with E-state index in [9.17, 15) is 4.79 Å². The summed E-state index contributed by atoms with van der Waals surface area (Å²) in [6.07, 6.45) is 0.658. The number of carbonyl (C=O) groups excluding carboxylic acids is 1. The molecular weight excluding hydrogens is 192 g/mol. The molecule has 0 aromatic heterocycles. The molecule has 4 nitrogen and oxygen atoms in total. The number of hydrogen-bond acceptors (Lipinski definition) is 3. The smallest absolute Gasteiger partial charge is 0.237 e. The first kappa shape index (κ1) is 14.4. The number of nitrogens with two attached hydrogens (primary N) is 1. The molecule has 0 heterocycles. The van der Waals surface area contributed by atoms with E-state index in [1.54, 1.807) is 0 Å². The minimum atomic E-state index is -0.409. The average molecular weight is 216 g/mol. The molecular formula is C11H24N2O2. The Labute approximate surface area is 92.6 Å². The Balaban J connectivity index is 4.09. The van der Waals surface area contributed by atoms with Crippen LogP contribution >= 0.6 is 0 Å². The van der Waals surface area contributed by atoms with Crippen molar-refractivity contribution < 1.29 is 9.53 Å². The quantitative estimate of drug-likeness (QED) is 0.664. The van der Waals surface area contributed by atoms with Crippen LogP contribution in [0.5, 0.6) is 0 Å². The van der Waals surface area contributed by atoms with Gasteiger partial charge in [0.05, 0.1) is 18.7 Å². The van der Waals surface area contributed by atoms with Crippen molar-refractivity contribution in [1.82, 2.24) is 5.32 Å². The average Bonchev–Trinajstić information content (AvgIpc) is 2.22. The molecule has 90 valence electrons. The SMILES string of the molecule is CCOCC(NC(=O)[C@H](N)CC)C(C)C. The highest BCUT2D eigenvalue weighted by molar-refractivity contribution is 5.81. The zero-order valence-corrected chi connectivity index (χ0v) is 10.2. The third-order valence-corrected chi connectivity index (χ3v) is 2.41. The molecule has 1 amide bonds. The molecule has 0 fully saturated rings. The molecule has 0 radical (unpaired) electrons. The van der Waals surface area contributed by atoms with Crippen molar-refractivity contribution in [3.05, 3.63) is 0 Å². The van der Waals surface area contributed by atoms with E-state index in [2.05, 4.69) is 19.2 Å². The van der Waals surface area contributed by atoms with Crippen LogP contribution in [0.4, 0.5) is 0 Å². The van der Waals surface area contributed by atoms with Crippen molar-refractivity contribution in [2.45, 2.75) is 46.2 Å². The normalized spacial score (nSPS) is 15.1. The lowest BCUT2D eigenvalue weighted by molar-refractivity contribution is -0.124. The highest BCUT2D eigenvalue weighted by Crippen LogP contribution is 2.03. The summed E-state index contributed by atoms with van der Waals surface area (Å²) in [5.74, 6) is 0.264. The molecule has 0 saturated heterocycles. The number of ether oxygens (including phenoxy) is 1. The Morgan fingerprint density at radius 3 is 2.40 bits per heavy atom. The molecule has 0 aliphatic carbocycles. The number of rotatable bonds is 7. The van der Waals surface area contributed by atoms with Crippen molar-refractivity contribution in [2.24, 2.45) is 11.7 Å². The second kappa shape index (κ2) is 7.65. The molecule has 0 aromatic carbocycles. The summed E-state index contributed by atoms with van der Waals surface area (Å²) in [6.45, 7) is 9.17. The number of nitrogens with one attached hydrogen (secondary N) is 1. The molecule has 0 bridgehead atoms. The highest BCUT2D eigenvalue weighted by atomic mass is 16.5. The molecule has 1 unspecified atom stereocenters. The van der Waals surface area contributed by atoms with Gasteiger partial charge in [-0.05, 0) is 19.3 Å². The van der Waals surface area contributed by atoms with Crippen LogP contribution in [0.1, 0.15) is 34.1 Å². The lowest BCUT2D eigenvalue weighted by Crippen LogP contribution is -2.48. The van der Waals surface area contributed by atoms with Gasteiger partial charge in [-0.1, -0.05) is 20.8 Å². The Kier molecular flexibility index (Phi) is 7.34. The minimum Gasteiger partial charge on any atom is -0.380 e. The third-order valence-electron chi connectivity index (χ3n) is 2.41. The monoisotopic (exact) mass is 216 g/mol. The van der Waals surface area contributed by atoms with Crippen molar-refractivity contribution in [1.29, 1.82) is 0 Å². The maximum Gasteiger partial charge on any atom is 0.237 e. The zero-order valence-electron chi connectivity index (χ0n) is 10.2. The van der Waals surface area contributed by atoms with E-state index >= 15 is 0 Å². The number of hydrogen-bond donors (Lipinski definition) is 2. The van der Waals surface area contributed by atoms with Gasteiger partial charge in [-0.15, -0.1) is 0 Å². The highest BCUT2D eigenvalue weighted by Gasteiger charge is 2.19. The van der Waals surface area contributed by atoms with E-state index in [1.165, 1.54) is 0 Å². The zero-order chi connectivity index (χ0) is 11.8. The largest absolute Gasteiger partial charge is 0.380 e. The summed E-state index contributed by atoms with van der Waals surface area (Å²) in [5, 5.41) is 2.91. The molecule has 0 aliphatic heterocycles. The Bertz CT molecular complexity index is 183.